The van der Waals surface area contributed by atoms with Crippen molar-refractivity contribution in [2.45, 2.75) is 46.5 Å². The number of hydrogen-bond donors (Lipinski definition) is 1. The van der Waals surface area contributed by atoms with Crippen LogP contribution >= 0.6 is 0 Å². The summed E-state index contributed by atoms with van der Waals surface area (Å²) in [6, 6.07) is 4.87. The van der Waals surface area contributed by atoms with Gasteiger partial charge >= 0.3 is 5.97 Å². The van der Waals surface area contributed by atoms with Crippen LogP contribution in [0.15, 0.2) is 23.3 Å². The molecule has 29 heavy (non-hydrogen) atoms. The Balaban J connectivity index is 1.32. The van der Waals surface area contributed by atoms with Gasteiger partial charge in [0.25, 0.3) is 5.91 Å². The Morgan fingerprint density at radius 3 is 2.66 bits per heavy atom. The van der Waals surface area contributed by atoms with Crippen LogP contribution in [-0.4, -0.2) is 37.4 Å². The third-order valence-electron chi connectivity index (χ3n) is 7.15. The molecule has 0 aromatic heterocycles. The monoisotopic (exact) mass is 400 g/mol. The minimum atomic E-state index is -0.587. The van der Waals surface area contributed by atoms with E-state index in [9.17, 15) is 9.59 Å². The number of hydrogen-bond acceptors (Lipinski definition) is 6. The third-order valence-corrected chi connectivity index (χ3v) is 7.15. The number of nitrogens with zero attached hydrogens (tertiary/aromatic N) is 1. The second-order valence-corrected chi connectivity index (χ2v) is 8.88. The number of nitrogens with one attached hydrogen (secondary N) is 1. The first-order valence-corrected chi connectivity index (χ1v) is 10.2. The molecule has 0 spiro atoms. The molecule has 156 valence electrons. The molecular formula is C22H28N2O5. The molecule has 7 heteroatoms. The number of carbonyl (C=O) groups is 2. The summed E-state index contributed by atoms with van der Waals surface area (Å²) in [5.41, 5.74) is 4.14. The molecule has 1 aromatic carbocycles. The van der Waals surface area contributed by atoms with Crippen LogP contribution in [0.5, 0.6) is 11.5 Å². The van der Waals surface area contributed by atoms with E-state index in [4.69, 9.17) is 14.2 Å². The number of amides is 1. The summed E-state index contributed by atoms with van der Waals surface area (Å²) in [4.78, 5) is 24.4. The van der Waals surface area contributed by atoms with Gasteiger partial charge in [-0.05, 0) is 48.8 Å². The average Bonchev–Trinajstić information content (AvgIpc) is 2.93. The van der Waals surface area contributed by atoms with Gasteiger partial charge in [0.05, 0.1) is 18.8 Å². The Bertz CT molecular complexity index is 863. The molecular weight excluding hydrogens is 372 g/mol. The van der Waals surface area contributed by atoms with Gasteiger partial charge in [0, 0.05) is 17.5 Å². The average molecular weight is 400 g/mol. The summed E-state index contributed by atoms with van der Waals surface area (Å²) in [6.07, 6.45) is 4.01. The van der Waals surface area contributed by atoms with E-state index in [1.807, 2.05) is 0 Å². The highest BCUT2D eigenvalue weighted by Crippen LogP contribution is 2.63. The second kappa shape index (κ2) is 7.35. The molecule has 2 saturated carbocycles. The number of rotatable bonds is 4. The van der Waals surface area contributed by atoms with E-state index in [0.717, 1.165) is 25.0 Å². The topological polar surface area (TPSA) is 86.2 Å². The zero-order valence-corrected chi connectivity index (χ0v) is 17.2. The zero-order valence-electron chi connectivity index (χ0n) is 17.2. The molecule has 1 aromatic rings. The highest BCUT2D eigenvalue weighted by molar-refractivity contribution is 5.95. The van der Waals surface area contributed by atoms with Crippen molar-refractivity contribution in [2.75, 3.05) is 19.8 Å². The van der Waals surface area contributed by atoms with E-state index in [1.165, 1.54) is 6.42 Å². The Morgan fingerprint density at radius 2 is 1.97 bits per heavy atom. The quantitative estimate of drug-likeness (QED) is 0.619. The summed E-state index contributed by atoms with van der Waals surface area (Å²) < 4.78 is 16.3. The van der Waals surface area contributed by atoms with Gasteiger partial charge in [-0.1, -0.05) is 20.8 Å². The van der Waals surface area contributed by atoms with Crippen molar-refractivity contribution in [1.82, 2.24) is 5.43 Å². The predicted octanol–water partition coefficient (Wildman–Crippen LogP) is 3.32. The number of fused-ring (bicyclic) bond motifs is 3. The fourth-order valence-electron chi connectivity index (χ4n) is 4.76. The number of esters is 1. The van der Waals surface area contributed by atoms with Gasteiger partial charge in [0.15, 0.2) is 18.1 Å². The van der Waals surface area contributed by atoms with Crippen molar-refractivity contribution in [3.05, 3.63) is 23.8 Å². The minimum Gasteiger partial charge on any atom is -0.490 e. The molecule has 4 rings (SSSR count). The van der Waals surface area contributed by atoms with E-state index >= 15 is 0 Å². The molecule has 2 atom stereocenters. The lowest BCUT2D eigenvalue weighted by atomic mass is 9.70. The summed E-state index contributed by atoms with van der Waals surface area (Å²) in [5, 5.41) is 4.38. The number of carbonyl (C=O) groups excluding carboxylic acids is 2. The van der Waals surface area contributed by atoms with Crippen LogP contribution in [-0.2, 0) is 9.53 Å². The maximum Gasteiger partial charge on any atom is 0.338 e. The molecule has 1 aliphatic heterocycles. The Labute approximate surface area is 170 Å². The van der Waals surface area contributed by atoms with Gasteiger partial charge in [-0.3, -0.25) is 4.79 Å². The molecule has 1 heterocycles. The maximum absolute atomic E-state index is 12.3. The number of benzene rings is 1. The van der Waals surface area contributed by atoms with E-state index in [2.05, 4.69) is 31.3 Å². The minimum absolute atomic E-state index is 0.0194. The maximum atomic E-state index is 12.3. The van der Waals surface area contributed by atoms with Crippen LogP contribution in [0.3, 0.4) is 0 Å². The molecule has 2 aliphatic carbocycles. The molecule has 3 aliphatic rings. The molecule has 0 radical (unpaired) electrons. The smallest absolute Gasteiger partial charge is 0.338 e. The lowest BCUT2D eigenvalue weighted by molar-refractivity contribution is -0.124. The summed E-state index contributed by atoms with van der Waals surface area (Å²) in [5.74, 6) is 0.705. The Morgan fingerprint density at radius 1 is 1.21 bits per heavy atom. The molecule has 2 fully saturated rings. The van der Waals surface area contributed by atoms with E-state index in [0.29, 0.717) is 36.2 Å². The normalized spacial score (nSPS) is 28.1. The van der Waals surface area contributed by atoms with Crippen molar-refractivity contribution in [1.29, 1.82) is 0 Å². The lowest BCUT2D eigenvalue weighted by Gasteiger charge is -2.34. The van der Waals surface area contributed by atoms with Gasteiger partial charge in [-0.15, -0.1) is 0 Å². The van der Waals surface area contributed by atoms with E-state index < -0.39 is 11.9 Å². The van der Waals surface area contributed by atoms with Gasteiger partial charge in [-0.2, -0.15) is 5.10 Å². The van der Waals surface area contributed by atoms with Crippen molar-refractivity contribution in [2.24, 2.45) is 21.8 Å². The fraction of sp³-hybridized carbons (Fsp3) is 0.591. The number of hydrazone groups is 1. The van der Waals surface area contributed by atoms with Gasteiger partial charge in [0.2, 0.25) is 0 Å². The Kier molecular flexibility index (Phi) is 5.00. The van der Waals surface area contributed by atoms with Gasteiger partial charge < -0.3 is 14.2 Å². The molecule has 2 unspecified atom stereocenters. The summed E-state index contributed by atoms with van der Waals surface area (Å²) >= 11 is 0. The SMILES string of the molecule is CC12CCC(C/C1=N/NC(=O)COC(=O)c1ccc3c(c1)OCCCO3)C2(C)C. The van der Waals surface area contributed by atoms with Crippen LogP contribution < -0.4 is 14.9 Å². The van der Waals surface area contributed by atoms with E-state index in [1.54, 1.807) is 18.2 Å². The van der Waals surface area contributed by atoms with Crippen molar-refractivity contribution in [3.63, 3.8) is 0 Å². The molecule has 0 saturated heterocycles. The molecule has 1 N–H and O–H groups in total. The first-order chi connectivity index (χ1) is 13.8. The zero-order chi connectivity index (χ0) is 20.6. The van der Waals surface area contributed by atoms with Crippen LogP contribution in [0.2, 0.25) is 0 Å². The molecule has 7 nitrogen and oxygen atoms in total. The van der Waals surface area contributed by atoms with Crippen LogP contribution in [0.4, 0.5) is 0 Å². The third kappa shape index (κ3) is 3.47. The highest BCUT2D eigenvalue weighted by atomic mass is 16.5. The standard InChI is InChI=1S/C22H28N2O5/c1-21(2)15-7-8-22(21,3)18(12-15)23-24-19(25)13-29-20(26)14-5-6-16-17(11-14)28-10-4-9-27-16/h5-6,11,15H,4,7-10,12-13H2,1-3H3,(H,24,25)/b23-18-. The molecule has 2 bridgehead atoms. The van der Waals surface area contributed by atoms with Crippen molar-refractivity contribution >= 4 is 17.6 Å². The van der Waals surface area contributed by atoms with Gasteiger partial charge in [-0.25, -0.2) is 10.2 Å². The summed E-state index contributed by atoms with van der Waals surface area (Å²) in [6.45, 7) is 7.53. The van der Waals surface area contributed by atoms with E-state index in [-0.39, 0.29) is 17.4 Å². The van der Waals surface area contributed by atoms with Crippen LogP contribution in [0.1, 0.15) is 56.8 Å². The molecule has 1 amide bonds. The van der Waals surface area contributed by atoms with Crippen LogP contribution in [0.25, 0.3) is 0 Å². The second-order valence-electron chi connectivity index (χ2n) is 8.88. The largest absolute Gasteiger partial charge is 0.490 e. The number of ether oxygens (including phenoxy) is 3. The van der Waals surface area contributed by atoms with Crippen LogP contribution in [0, 0.1) is 16.7 Å². The van der Waals surface area contributed by atoms with Crippen molar-refractivity contribution in [3.8, 4) is 11.5 Å². The van der Waals surface area contributed by atoms with Crippen molar-refractivity contribution < 1.29 is 23.8 Å². The first-order valence-electron chi connectivity index (χ1n) is 10.2. The summed E-state index contributed by atoms with van der Waals surface area (Å²) in [7, 11) is 0. The van der Waals surface area contributed by atoms with Gasteiger partial charge in [0.1, 0.15) is 0 Å². The predicted molar refractivity (Wildman–Crippen MR) is 107 cm³/mol. The highest BCUT2D eigenvalue weighted by Gasteiger charge is 2.60. The first kappa shape index (κ1) is 19.7. The Hall–Kier alpha value is -2.57. The lowest BCUT2D eigenvalue weighted by Crippen LogP contribution is -2.34. The fourth-order valence-corrected chi connectivity index (χ4v) is 4.76.